The molecule has 1 amide bonds. The van der Waals surface area contributed by atoms with E-state index in [9.17, 15) is 4.79 Å². The Labute approximate surface area is 153 Å². The molecule has 0 saturated heterocycles. The number of rotatable bonds is 1. The fourth-order valence-corrected chi connectivity index (χ4v) is 2.06. The average molecular weight is 366 g/mol. The zero-order valence-electron chi connectivity index (χ0n) is 15.3. The van der Waals surface area contributed by atoms with Crippen LogP contribution in [0.3, 0.4) is 0 Å². The summed E-state index contributed by atoms with van der Waals surface area (Å²) in [5.74, 6) is 0.219. The Bertz CT molecular complexity index is 591. The van der Waals surface area contributed by atoms with Gasteiger partial charge in [0.25, 0.3) is 5.90 Å². The van der Waals surface area contributed by atoms with Gasteiger partial charge >= 0.3 is 5.91 Å². The van der Waals surface area contributed by atoms with E-state index in [1.807, 2.05) is 12.1 Å². The normalized spacial score (nSPS) is 17.7. The molecule has 8 heteroatoms. The first-order chi connectivity index (χ1) is 12.7. The van der Waals surface area contributed by atoms with Crippen LogP contribution >= 0.6 is 0 Å². The Balaban J connectivity index is 2.16. The molecule has 0 saturated carbocycles. The lowest BCUT2D eigenvalue weighted by molar-refractivity contribution is -0.123. The zero-order valence-corrected chi connectivity index (χ0v) is 15.3. The fraction of sp³-hybridized carbons (Fsp3) is 0.556. The van der Waals surface area contributed by atoms with E-state index in [1.165, 1.54) is 4.90 Å². The van der Waals surface area contributed by atoms with Crippen LogP contribution in [0.5, 0.6) is 5.75 Å². The summed E-state index contributed by atoms with van der Waals surface area (Å²) >= 11 is 0. The molecule has 0 aromatic heterocycles. The summed E-state index contributed by atoms with van der Waals surface area (Å²) < 4.78 is 27.5. The maximum Gasteiger partial charge on any atom is 0.308 e. The second-order valence-corrected chi connectivity index (χ2v) is 5.62. The second kappa shape index (κ2) is 11.5. The molecule has 0 unspecified atom stereocenters. The minimum absolute atomic E-state index is 0.00790. The van der Waals surface area contributed by atoms with Gasteiger partial charge in [-0.15, -0.1) is 0 Å². The molecule has 0 spiro atoms. The summed E-state index contributed by atoms with van der Waals surface area (Å²) in [6, 6.07) is 7.22. The van der Waals surface area contributed by atoms with E-state index in [0.717, 1.165) is 0 Å². The summed E-state index contributed by atoms with van der Waals surface area (Å²) in [4.78, 5) is 18.1. The molecule has 0 aliphatic carbocycles. The highest BCUT2D eigenvalue weighted by atomic mass is 16.6. The molecule has 0 bridgehead atoms. The largest absolute Gasteiger partial charge is 0.489 e. The van der Waals surface area contributed by atoms with Gasteiger partial charge in [-0.25, -0.2) is 4.99 Å². The highest BCUT2D eigenvalue weighted by Crippen LogP contribution is 2.27. The molecule has 26 heavy (non-hydrogen) atoms. The van der Waals surface area contributed by atoms with Crippen LogP contribution in [0.25, 0.3) is 0 Å². The van der Waals surface area contributed by atoms with Crippen LogP contribution in [0.15, 0.2) is 29.3 Å². The zero-order chi connectivity index (χ0) is 18.6. The molecule has 0 fully saturated rings. The molecule has 1 aromatic rings. The lowest BCUT2D eigenvalue weighted by Crippen LogP contribution is -2.32. The van der Waals surface area contributed by atoms with Gasteiger partial charge in [-0.05, 0) is 12.1 Å². The molecule has 1 heterocycles. The van der Waals surface area contributed by atoms with Crippen molar-refractivity contribution in [2.45, 2.75) is 0 Å². The van der Waals surface area contributed by atoms with E-state index in [-0.39, 0.29) is 18.4 Å². The monoisotopic (exact) mass is 366 g/mol. The maximum absolute atomic E-state index is 12.3. The molecular weight excluding hydrogens is 340 g/mol. The summed E-state index contributed by atoms with van der Waals surface area (Å²) in [5, 5.41) is 0. The molecule has 0 atom stereocenters. The average Bonchev–Trinajstić information content (AvgIpc) is 2.64. The topological polar surface area (TPSA) is 78.8 Å². The van der Waals surface area contributed by atoms with Crippen molar-refractivity contribution in [3.8, 4) is 5.75 Å². The highest BCUT2D eigenvalue weighted by Gasteiger charge is 2.17. The number of fused-ring (bicyclic) bond motifs is 1. The van der Waals surface area contributed by atoms with Gasteiger partial charge in [-0.3, -0.25) is 4.79 Å². The second-order valence-electron chi connectivity index (χ2n) is 5.62. The van der Waals surface area contributed by atoms with E-state index < -0.39 is 0 Å². The third kappa shape index (κ3) is 6.99. The van der Waals surface area contributed by atoms with Crippen molar-refractivity contribution in [1.29, 1.82) is 0 Å². The smallest absolute Gasteiger partial charge is 0.308 e. The Kier molecular flexibility index (Phi) is 8.88. The number of nitrogens with zero attached hydrogens (tertiary/aromatic N) is 2. The van der Waals surface area contributed by atoms with Gasteiger partial charge in [0.2, 0.25) is 0 Å². The first kappa shape index (κ1) is 20.2. The van der Waals surface area contributed by atoms with Crippen molar-refractivity contribution >= 4 is 17.5 Å². The summed E-state index contributed by atoms with van der Waals surface area (Å²) in [5.41, 5.74) is 0.520. The van der Waals surface area contributed by atoms with E-state index in [1.54, 1.807) is 26.2 Å². The molecule has 144 valence electrons. The van der Waals surface area contributed by atoms with Crippen molar-refractivity contribution in [1.82, 2.24) is 4.90 Å². The Morgan fingerprint density at radius 1 is 0.846 bits per heavy atom. The van der Waals surface area contributed by atoms with Crippen LogP contribution in [0.4, 0.5) is 5.69 Å². The standard InChI is InChI=1S/C18H26N2O6/c1-20(2)18(21)17-19-15-5-3-4-6-16(15)25-13-11-23-9-7-22-8-10-24-12-14-26-17/h3-6H,7-14H2,1-2H3. The van der Waals surface area contributed by atoms with Crippen LogP contribution in [0.2, 0.25) is 0 Å². The number of hydrogen-bond acceptors (Lipinski definition) is 7. The summed E-state index contributed by atoms with van der Waals surface area (Å²) in [6.45, 7) is 3.26. The van der Waals surface area contributed by atoms with Gasteiger partial charge in [0.05, 0.1) is 39.6 Å². The van der Waals surface area contributed by atoms with Crippen molar-refractivity contribution in [3.63, 3.8) is 0 Å². The van der Waals surface area contributed by atoms with Crippen molar-refractivity contribution in [2.24, 2.45) is 4.99 Å². The van der Waals surface area contributed by atoms with E-state index in [2.05, 4.69) is 4.99 Å². The molecule has 1 aromatic carbocycles. The minimum Gasteiger partial charge on any atom is -0.489 e. The van der Waals surface area contributed by atoms with Gasteiger partial charge in [-0.2, -0.15) is 0 Å². The Morgan fingerprint density at radius 3 is 2.00 bits per heavy atom. The van der Waals surface area contributed by atoms with Crippen molar-refractivity contribution in [3.05, 3.63) is 24.3 Å². The van der Waals surface area contributed by atoms with E-state index in [4.69, 9.17) is 23.7 Å². The first-order valence-corrected chi connectivity index (χ1v) is 8.56. The van der Waals surface area contributed by atoms with Crippen molar-refractivity contribution < 1.29 is 28.5 Å². The van der Waals surface area contributed by atoms with Crippen LogP contribution in [0, 0.1) is 0 Å². The van der Waals surface area contributed by atoms with E-state index in [0.29, 0.717) is 57.7 Å². The summed E-state index contributed by atoms with van der Waals surface area (Å²) in [7, 11) is 3.29. The predicted molar refractivity (Wildman–Crippen MR) is 96.1 cm³/mol. The van der Waals surface area contributed by atoms with Gasteiger partial charge in [0, 0.05) is 14.1 Å². The van der Waals surface area contributed by atoms with Crippen LogP contribution < -0.4 is 4.74 Å². The first-order valence-electron chi connectivity index (χ1n) is 8.56. The Morgan fingerprint density at radius 2 is 1.38 bits per heavy atom. The number of para-hydroxylation sites is 2. The number of aliphatic imine (C=N–C) groups is 1. The highest BCUT2D eigenvalue weighted by molar-refractivity contribution is 6.35. The SMILES string of the molecule is CN(C)C(=O)C1=Nc2ccccc2OCCOCCOCCOCCO1. The van der Waals surface area contributed by atoms with Gasteiger partial charge in [0.1, 0.15) is 24.7 Å². The molecule has 1 aliphatic heterocycles. The molecule has 0 radical (unpaired) electrons. The quantitative estimate of drug-likeness (QED) is 0.745. The number of carbonyl (C=O) groups is 1. The number of ether oxygens (including phenoxy) is 5. The van der Waals surface area contributed by atoms with Crippen LogP contribution in [0.1, 0.15) is 0 Å². The third-order valence-corrected chi connectivity index (χ3v) is 3.37. The maximum atomic E-state index is 12.3. The van der Waals surface area contributed by atoms with E-state index >= 15 is 0 Å². The summed E-state index contributed by atoms with van der Waals surface area (Å²) in [6.07, 6.45) is 0. The van der Waals surface area contributed by atoms with Crippen LogP contribution in [-0.2, 0) is 23.7 Å². The Hall–Kier alpha value is -2.16. The predicted octanol–water partition coefficient (Wildman–Crippen LogP) is 1.26. The van der Waals surface area contributed by atoms with Crippen LogP contribution in [-0.4, -0.2) is 83.7 Å². The fourth-order valence-electron chi connectivity index (χ4n) is 2.06. The van der Waals surface area contributed by atoms with Gasteiger partial charge in [-0.1, -0.05) is 12.1 Å². The molecule has 8 nitrogen and oxygen atoms in total. The molecule has 1 aliphatic rings. The molecule has 2 rings (SSSR count). The number of likely N-dealkylation sites (N-methyl/N-ethyl adjacent to an activating group) is 1. The van der Waals surface area contributed by atoms with Gasteiger partial charge in [0.15, 0.2) is 0 Å². The number of hydrogen-bond donors (Lipinski definition) is 0. The molecular formula is C18H26N2O6. The number of carbonyl (C=O) groups excluding carboxylic acids is 1. The van der Waals surface area contributed by atoms with Gasteiger partial charge < -0.3 is 28.6 Å². The lowest BCUT2D eigenvalue weighted by Gasteiger charge is -2.14. The lowest BCUT2D eigenvalue weighted by atomic mass is 10.3. The number of amides is 1. The minimum atomic E-state index is -0.329. The molecule has 0 N–H and O–H groups in total. The number of benzene rings is 1. The third-order valence-electron chi connectivity index (χ3n) is 3.37. The van der Waals surface area contributed by atoms with Crippen molar-refractivity contribution in [2.75, 3.05) is 67.0 Å².